The molecule has 1 aromatic heterocycles. The van der Waals surface area contributed by atoms with Gasteiger partial charge in [-0.1, -0.05) is 17.7 Å². The number of ether oxygens (including phenoxy) is 2. The largest absolute Gasteiger partial charge is 0.497 e. The highest BCUT2D eigenvalue weighted by Gasteiger charge is 2.09. The second-order valence-electron chi connectivity index (χ2n) is 4.50. The Hall–Kier alpha value is -2.46. The first kappa shape index (κ1) is 13.5. The number of benzene rings is 2. The summed E-state index contributed by atoms with van der Waals surface area (Å²) in [5.74, 6) is 1.72. The average molecular weight is 301 g/mol. The van der Waals surface area contributed by atoms with Gasteiger partial charge in [-0.3, -0.25) is 0 Å². The smallest absolute Gasteiger partial charge is 0.227 e. The summed E-state index contributed by atoms with van der Waals surface area (Å²) in [7, 11) is 1.62. The van der Waals surface area contributed by atoms with Gasteiger partial charge in [0.25, 0.3) is 0 Å². The Balaban J connectivity index is 2.07. The van der Waals surface area contributed by atoms with Gasteiger partial charge < -0.3 is 15.2 Å². The molecule has 3 aromatic rings. The van der Waals surface area contributed by atoms with E-state index in [1.807, 2.05) is 24.3 Å². The summed E-state index contributed by atoms with van der Waals surface area (Å²) in [6.45, 7) is 0. The molecule has 5 heteroatoms. The molecule has 0 amide bonds. The lowest BCUT2D eigenvalue weighted by Crippen LogP contribution is -1.92. The Labute approximate surface area is 127 Å². The van der Waals surface area contributed by atoms with Gasteiger partial charge in [0, 0.05) is 17.3 Å². The van der Waals surface area contributed by atoms with E-state index in [1.165, 1.54) is 0 Å². The van der Waals surface area contributed by atoms with Gasteiger partial charge in [0.05, 0.1) is 12.1 Å². The van der Waals surface area contributed by atoms with Gasteiger partial charge in [-0.15, -0.1) is 0 Å². The molecule has 0 aliphatic rings. The fourth-order valence-electron chi connectivity index (χ4n) is 2.03. The maximum atomic E-state index is 6.13. The molecular formula is C16H13ClN2O2. The molecule has 1 heterocycles. The van der Waals surface area contributed by atoms with Crippen molar-refractivity contribution in [3.63, 3.8) is 0 Å². The molecule has 0 bridgehead atoms. The fraction of sp³-hybridized carbons (Fsp3) is 0.0625. The van der Waals surface area contributed by atoms with Crippen LogP contribution in [0.2, 0.25) is 5.02 Å². The van der Waals surface area contributed by atoms with Crippen LogP contribution in [0.15, 0.2) is 48.7 Å². The predicted molar refractivity (Wildman–Crippen MR) is 84.2 cm³/mol. The molecule has 0 aliphatic carbocycles. The van der Waals surface area contributed by atoms with Gasteiger partial charge in [-0.2, -0.15) is 0 Å². The van der Waals surface area contributed by atoms with Crippen molar-refractivity contribution in [2.45, 2.75) is 0 Å². The summed E-state index contributed by atoms with van der Waals surface area (Å²) in [5, 5.41) is 2.30. The molecule has 0 radical (unpaired) electrons. The van der Waals surface area contributed by atoms with Crippen LogP contribution in [0.25, 0.3) is 10.8 Å². The van der Waals surface area contributed by atoms with Crippen LogP contribution in [-0.2, 0) is 0 Å². The van der Waals surface area contributed by atoms with Gasteiger partial charge in [0.2, 0.25) is 5.88 Å². The van der Waals surface area contributed by atoms with Crippen LogP contribution in [0.1, 0.15) is 0 Å². The average Bonchev–Trinajstić information content (AvgIpc) is 2.50. The topological polar surface area (TPSA) is 57.4 Å². The third-order valence-electron chi connectivity index (χ3n) is 3.10. The zero-order valence-electron chi connectivity index (χ0n) is 11.3. The number of hydrogen-bond donors (Lipinski definition) is 1. The van der Waals surface area contributed by atoms with Crippen LogP contribution in [0.3, 0.4) is 0 Å². The number of nitrogens with two attached hydrogens (primary N) is 1. The lowest BCUT2D eigenvalue weighted by molar-refractivity contribution is 0.415. The maximum absolute atomic E-state index is 6.13. The number of methoxy groups -OCH3 is 1. The van der Waals surface area contributed by atoms with Crippen molar-refractivity contribution in [3.05, 3.63) is 53.7 Å². The Morgan fingerprint density at radius 1 is 1.10 bits per heavy atom. The van der Waals surface area contributed by atoms with Crippen LogP contribution >= 0.6 is 11.6 Å². The Bertz CT molecular complexity index is 805. The maximum Gasteiger partial charge on any atom is 0.227 e. The van der Waals surface area contributed by atoms with Crippen molar-refractivity contribution in [1.82, 2.24) is 4.98 Å². The van der Waals surface area contributed by atoms with Gasteiger partial charge in [0.1, 0.15) is 11.5 Å². The van der Waals surface area contributed by atoms with Crippen molar-refractivity contribution in [1.29, 1.82) is 0 Å². The van der Waals surface area contributed by atoms with E-state index in [4.69, 9.17) is 26.8 Å². The monoisotopic (exact) mass is 300 g/mol. The Morgan fingerprint density at radius 3 is 2.71 bits per heavy atom. The summed E-state index contributed by atoms with van der Waals surface area (Å²) in [6.07, 6.45) is 1.69. The number of nitrogens with zero attached hydrogens (tertiary/aromatic N) is 1. The van der Waals surface area contributed by atoms with Crippen molar-refractivity contribution in [2.75, 3.05) is 12.8 Å². The second kappa shape index (κ2) is 5.50. The molecule has 4 nitrogen and oxygen atoms in total. The number of fused-ring (bicyclic) bond motifs is 1. The van der Waals surface area contributed by atoms with Crippen molar-refractivity contribution in [3.8, 4) is 17.4 Å². The third kappa shape index (κ3) is 2.71. The molecule has 3 rings (SSSR count). The molecular weight excluding hydrogens is 288 g/mol. The minimum Gasteiger partial charge on any atom is -0.497 e. The van der Waals surface area contributed by atoms with E-state index in [0.717, 1.165) is 16.5 Å². The SMILES string of the molecule is COc1ccc2ccnc(Oc3ccc(N)cc3Cl)c2c1. The van der Waals surface area contributed by atoms with Crippen LogP contribution in [-0.4, -0.2) is 12.1 Å². The molecule has 2 aromatic carbocycles. The van der Waals surface area contributed by atoms with E-state index < -0.39 is 0 Å². The number of anilines is 1. The van der Waals surface area contributed by atoms with Crippen LogP contribution in [0.4, 0.5) is 5.69 Å². The summed E-state index contributed by atoms with van der Waals surface area (Å²) < 4.78 is 11.1. The molecule has 0 aliphatic heterocycles. The Morgan fingerprint density at radius 2 is 1.95 bits per heavy atom. The fourth-order valence-corrected chi connectivity index (χ4v) is 2.26. The summed E-state index contributed by atoms with van der Waals surface area (Å²) in [5.41, 5.74) is 6.26. The molecule has 21 heavy (non-hydrogen) atoms. The normalized spacial score (nSPS) is 10.6. The molecule has 106 valence electrons. The van der Waals surface area contributed by atoms with E-state index in [1.54, 1.807) is 31.5 Å². The van der Waals surface area contributed by atoms with Crippen LogP contribution in [0, 0.1) is 0 Å². The lowest BCUT2D eigenvalue weighted by Gasteiger charge is -2.10. The minimum atomic E-state index is 0.441. The standard InChI is InChI=1S/C16H13ClN2O2/c1-20-12-4-2-10-6-7-19-16(13(10)9-12)21-15-5-3-11(18)8-14(15)17/h2-9H,18H2,1H3. The third-order valence-corrected chi connectivity index (χ3v) is 3.39. The number of hydrogen-bond acceptors (Lipinski definition) is 4. The van der Waals surface area contributed by atoms with E-state index in [9.17, 15) is 0 Å². The lowest BCUT2D eigenvalue weighted by atomic mass is 10.1. The second-order valence-corrected chi connectivity index (χ2v) is 4.90. The highest BCUT2D eigenvalue weighted by Crippen LogP contribution is 2.34. The van der Waals surface area contributed by atoms with E-state index >= 15 is 0 Å². The van der Waals surface area contributed by atoms with Gasteiger partial charge >= 0.3 is 0 Å². The molecule has 0 saturated carbocycles. The van der Waals surface area contributed by atoms with Crippen molar-refractivity contribution >= 4 is 28.1 Å². The molecule has 0 unspecified atom stereocenters. The van der Waals surface area contributed by atoms with Gasteiger partial charge in [-0.25, -0.2) is 4.98 Å². The van der Waals surface area contributed by atoms with Crippen molar-refractivity contribution in [2.24, 2.45) is 0 Å². The highest BCUT2D eigenvalue weighted by molar-refractivity contribution is 6.32. The first-order valence-electron chi connectivity index (χ1n) is 6.33. The number of halogens is 1. The molecule has 0 fully saturated rings. The van der Waals surface area contributed by atoms with Gasteiger partial charge in [-0.05, 0) is 41.8 Å². The number of pyridine rings is 1. The van der Waals surface area contributed by atoms with E-state index in [-0.39, 0.29) is 0 Å². The number of aromatic nitrogens is 1. The molecule has 2 N–H and O–H groups in total. The predicted octanol–water partition coefficient (Wildman–Crippen LogP) is 4.27. The zero-order valence-corrected chi connectivity index (χ0v) is 12.1. The number of nitrogen functional groups attached to an aromatic ring is 1. The first-order chi connectivity index (χ1) is 10.2. The highest BCUT2D eigenvalue weighted by atomic mass is 35.5. The van der Waals surface area contributed by atoms with Crippen molar-refractivity contribution < 1.29 is 9.47 Å². The van der Waals surface area contributed by atoms with Crippen LogP contribution < -0.4 is 15.2 Å². The number of rotatable bonds is 3. The van der Waals surface area contributed by atoms with Crippen LogP contribution in [0.5, 0.6) is 17.4 Å². The summed E-state index contributed by atoms with van der Waals surface area (Å²) in [6, 6.07) is 12.7. The Kier molecular flexibility index (Phi) is 3.54. The zero-order chi connectivity index (χ0) is 14.8. The quantitative estimate of drug-likeness (QED) is 0.734. The summed E-state index contributed by atoms with van der Waals surface area (Å²) in [4.78, 5) is 4.27. The first-order valence-corrected chi connectivity index (χ1v) is 6.71. The minimum absolute atomic E-state index is 0.441. The summed E-state index contributed by atoms with van der Waals surface area (Å²) >= 11 is 6.13. The molecule has 0 spiro atoms. The van der Waals surface area contributed by atoms with E-state index in [2.05, 4.69) is 4.98 Å². The molecule has 0 atom stereocenters. The molecule has 0 saturated heterocycles. The van der Waals surface area contributed by atoms with Gasteiger partial charge in [0.15, 0.2) is 0 Å². The van der Waals surface area contributed by atoms with E-state index in [0.29, 0.717) is 22.3 Å².